The van der Waals surface area contributed by atoms with Gasteiger partial charge < -0.3 is 4.74 Å². The highest BCUT2D eigenvalue weighted by atomic mass is 32.2. The number of thioether (sulfide) groups is 1. The monoisotopic (exact) mass is 424 g/mol. The van der Waals surface area contributed by atoms with Crippen molar-refractivity contribution >= 4 is 23.9 Å². The maximum Gasteiger partial charge on any atom is 0.250 e. The summed E-state index contributed by atoms with van der Waals surface area (Å²) in [6.07, 6.45) is 1.52. The highest BCUT2D eigenvalue weighted by Crippen LogP contribution is 2.16. The molecule has 0 bridgehead atoms. The maximum absolute atomic E-state index is 13.7. The van der Waals surface area contributed by atoms with Crippen molar-refractivity contribution in [1.29, 1.82) is 0 Å². The molecule has 3 aromatic rings. The largest absolute Gasteiger partial charge is 0.489 e. The van der Waals surface area contributed by atoms with Crippen molar-refractivity contribution in [2.75, 3.05) is 5.75 Å². The molecule has 1 amide bonds. The van der Waals surface area contributed by atoms with Crippen LogP contribution in [0.4, 0.5) is 4.39 Å². The SMILES string of the molecule is Cc1cc(C)nc(SCC(=O)N/N=C\c2cccc(OCc3ccccc3F)c2)n1. The minimum Gasteiger partial charge on any atom is -0.489 e. The Morgan fingerprint density at radius 2 is 1.90 bits per heavy atom. The molecule has 3 rings (SSSR count). The molecule has 1 aromatic heterocycles. The molecule has 0 aliphatic carbocycles. The van der Waals surface area contributed by atoms with E-state index in [0.29, 0.717) is 16.5 Å². The first-order valence-electron chi connectivity index (χ1n) is 9.23. The van der Waals surface area contributed by atoms with Crippen LogP contribution in [0.5, 0.6) is 5.75 Å². The summed E-state index contributed by atoms with van der Waals surface area (Å²) in [6.45, 7) is 3.90. The van der Waals surface area contributed by atoms with Crippen LogP contribution in [-0.4, -0.2) is 27.8 Å². The number of nitrogens with one attached hydrogen (secondary N) is 1. The van der Waals surface area contributed by atoms with Crippen LogP contribution in [-0.2, 0) is 11.4 Å². The number of hydrogen-bond acceptors (Lipinski definition) is 6. The summed E-state index contributed by atoms with van der Waals surface area (Å²) in [5, 5.41) is 4.53. The molecule has 30 heavy (non-hydrogen) atoms. The Labute approximate surface area is 178 Å². The van der Waals surface area contributed by atoms with Crippen LogP contribution in [0, 0.1) is 19.7 Å². The highest BCUT2D eigenvalue weighted by molar-refractivity contribution is 7.99. The molecule has 0 fully saturated rings. The van der Waals surface area contributed by atoms with E-state index < -0.39 is 0 Å². The number of hydrazone groups is 1. The Balaban J connectivity index is 1.49. The Morgan fingerprint density at radius 3 is 2.67 bits per heavy atom. The third kappa shape index (κ3) is 6.66. The standard InChI is InChI=1S/C22H21FN4O2S/c1-15-10-16(2)26-22(25-15)30-14-21(28)27-24-12-17-6-5-8-19(11-17)29-13-18-7-3-4-9-20(18)23/h3-12H,13-14H2,1-2H3,(H,27,28)/b24-12-. The molecule has 0 saturated carbocycles. The normalized spacial score (nSPS) is 10.9. The molecule has 0 aliphatic rings. The lowest BCUT2D eigenvalue weighted by Crippen LogP contribution is -2.19. The van der Waals surface area contributed by atoms with Gasteiger partial charge in [-0.15, -0.1) is 0 Å². The zero-order valence-electron chi connectivity index (χ0n) is 16.6. The van der Waals surface area contributed by atoms with E-state index in [9.17, 15) is 9.18 Å². The number of amides is 1. The van der Waals surface area contributed by atoms with Crippen LogP contribution in [0.1, 0.15) is 22.5 Å². The Hall–Kier alpha value is -3.26. The number of hydrogen-bond donors (Lipinski definition) is 1. The number of nitrogens with zero attached hydrogens (tertiary/aromatic N) is 3. The summed E-state index contributed by atoms with van der Waals surface area (Å²) < 4.78 is 19.3. The second-order valence-corrected chi connectivity index (χ2v) is 7.41. The fourth-order valence-corrected chi connectivity index (χ4v) is 3.30. The van der Waals surface area contributed by atoms with Crippen molar-refractivity contribution in [1.82, 2.24) is 15.4 Å². The average molecular weight is 425 g/mol. The molecular weight excluding hydrogens is 403 g/mol. The average Bonchev–Trinajstić information content (AvgIpc) is 2.71. The second-order valence-electron chi connectivity index (χ2n) is 6.47. The lowest BCUT2D eigenvalue weighted by molar-refractivity contribution is -0.118. The summed E-state index contributed by atoms with van der Waals surface area (Å²) in [5.74, 6) is 0.176. The zero-order valence-corrected chi connectivity index (χ0v) is 17.4. The minimum atomic E-state index is -0.304. The number of aromatic nitrogens is 2. The van der Waals surface area contributed by atoms with Gasteiger partial charge >= 0.3 is 0 Å². The molecule has 1 N–H and O–H groups in total. The summed E-state index contributed by atoms with van der Waals surface area (Å²) in [5.41, 5.74) is 5.43. The van der Waals surface area contributed by atoms with Gasteiger partial charge in [0, 0.05) is 17.0 Å². The lowest BCUT2D eigenvalue weighted by Gasteiger charge is -2.07. The molecule has 0 unspecified atom stereocenters. The van der Waals surface area contributed by atoms with Crippen molar-refractivity contribution in [3.8, 4) is 5.75 Å². The summed E-state index contributed by atoms with van der Waals surface area (Å²) in [4.78, 5) is 20.5. The molecule has 0 saturated heterocycles. The third-order valence-corrected chi connectivity index (χ3v) is 4.75. The van der Waals surface area contributed by atoms with Gasteiger partial charge in [-0.1, -0.05) is 42.1 Å². The minimum absolute atomic E-state index is 0.127. The van der Waals surface area contributed by atoms with Crippen LogP contribution in [0.3, 0.4) is 0 Å². The van der Waals surface area contributed by atoms with Crippen molar-refractivity contribution in [3.05, 3.63) is 82.9 Å². The van der Waals surface area contributed by atoms with Crippen molar-refractivity contribution in [2.45, 2.75) is 25.6 Å². The highest BCUT2D eigenvalue weighted by Gasteiger charge is 2.06. The van der Waals surface area contributed by atoms with Gasteiger partial charge in [0.05, 0.1) is 12.0 Å². The first-order valence-corrected chi connectivity index (χ1v) is 10.2. The van der Waals surface area contributed by atoms with Crippen molar-refractivity contribution in [2.24, 2.45) is 5.10 Å². The molecule has 8 heteroatoms. The van der Waals surface area contributed by atoms with E-state index in [4.69, 9.17) is 4.74 Å². The van der Waals surface area contributed by atoms with E-state index >= 15 is 0 Å². The maximum atomic E-state index is 13.7. The van der Waals surface area contributed by atoms with Gasteiger partial charge in [-0.25, -0.2) is 19.8 Å². The van der Waals surface area contributed by atoms with Gasteiger partial charge in [0.25, 0.3) is 5.91 Å². The van der Waals surface area contributed by atoms with Gasteiger partial charge in [-0.2, -0.15) is 5.10 Å². The Kier molecular flexibility index (Phi) is 7.51. The smallest absolute Gasteiger partial charge is 0.250 e. The number of benzene rings is 2. The quantitative estimate of drug-likeness (QED) is 0.255. The molecule has 1 heterocycles. The molecule has 2 aromatic carbocycles. The number of carbonyl (C=O) groups is 1. The topological polar surface area (TPSA) is 76.5 Å². The first-order chi connectivity index (χ1) is 14.5. The lowest BCUT2D eigenvalue weighted by atomic mass is 10.2. The van der Waals surface area contributed by atoms with E-state index in [2.05, 4.69) is 20.5 Å². The van der Waals surface area contributed by atoms with Crippen LogP contribution in [0.2, 0.25) is 0 Å². The summed E-state index contributed by atoms with van der Waals surface area (Å²) in [6, 6.07) is 15.5. The van der Waals surface area contributed by atoms with Crippen molar-refractivity contribution < 1.29 is 13.9 Å². The number of aryl methyl sites for hydroxylation is 2. The zero-order chi connectivity index (χ0) is 21.3. The number of rotatable bonds is 8. The van der Waals surface area contributed by atoms with E-state index in [1.165, 1.54) is 24.0 Å². The second kappa shape index (κ2) is 10.5. The van der Waals surface area contributed by atoms with E-state index in [-0.39, 0.29) is 24.1 Å². The molecule has 0 spiro atoms. The Morgan fingerprint density at radius 1 is 1.13 bits per heavy atom. The molecule has 154 valence electrons. The first kappa shape index (κ1) is 21.4. The van der Waals surface area contributed by atoms with Gasteiger partial charge in [0.2, 0.25) is 0 Å². The van der Waals surface area contributed by atoms with Gasteiger partial charge in [0.15, 0.2) is 5.16 Å². The number of carbonyl (C=O) groups excluding carboxylic acids is 1. The van der Waals surface area contributed by atoms with Gasteiger partial charge in [-0.3, -0.25) is 4.79 Å². The van der Waals surface area contributed by atoms with Crippen LogP contribution < -0.4 is 10.2 Å². The molecule has 0 radical (unpaired) electrons. The predicted molar refractivity (Wildman–Crippen MR) is 115 cm³/mol. The number of halogens is 1. The van der Waals surface area contributed by atoms with Crippen LogP contribution in [0.25, 0.3) is 0 Å². The van der Waals surface area contributed by atoms with Crippen molar-refractivity contribution in [3.63, 3.8) is 0 Å². The summed E-state index contributed by atoms with van der Waals surface area (Å²) in [7, 11) is 0. The molecule has 0 aliphatic heterocycles. The fraction of sp³-hybridized carbons (Fsp3) is 0.182. The summed E-state index contributed by atoms with van der Waals surface area (Å²) >= 11 is 1.25. The fourth-order valence-electron chi connectivity index (χ4n) is 2.56. The molecule has 6 nitrogen and oxygen atoms in total. The molecular formula is C22H21FN4O2S. The van der Waals surface area contributed by atoms with E-state index in [0.717, 1.165) is 17.0 Å². The predicted octanol–water partition coefficient (Wildman–Crippen LogP) is 4.05. The Bertz CT molecular complexity index is 1040. The third-order valence-electron chi connectivity index (χ3n) is 3.91. The van der Waals surface area contributed by atoms with E-state index in [1.807, 2.05) is 26.0 Å². The van der Waals surface area contributed by atoms with Gasteiger partial charge in [-0.05, 0) is 43.7 Å². The van der Waals surface area contributed by atoms with Crippen LogP contribution in [0.15, 0.2) is 64.9 Å². The van der Waals surface area contributed by atoms with E-state index in [1.54, 1.807) is 36.4 Å². The van der Waals surface area contributed by atoms with Gasteiger partial charge in [0.1, 0.15) is 18.2 Å². The molecule has 0 atom stereocenters. The number of ether oxygens (including phenoxy) is 1. The van der Waals surface area contributed by atoms with Crippen LogP contribution >= 0.6 is 11.8 Å².